The molecule has 0 bridgehead atoms. The molecule has 0 unspecified atom stereocenters. The van der Waals surface area contributed by atoms with E-state index in [9.17, 15) is 24.9 Å². The fourth-order valence-corrected chi connectivity index (χ4v) is 2.48. The third-order valence-electron chi connectivity index (χ3n) is 3.69. The maximum atomic E-state index is 12.2. The summed E-state index contributed by atoms with van der Waals surface area (Å²) in [6.07, 6.45) is 0.891. The van der Waals surface area contributed by atoms with Crippen LogP contribution in [-0.4, -0.2) is 46.9 Å². The molecule has 1 aromatic heterocycles. The van der Waals surface area contributed by atoms with E-state index in [4.69, 9.17) is 15.2 Å². The highest BCUT2D eigenvalue weighted by atomic mass is 16.5. The first kappa shape index (κ1) is 20.0. The van der Waals surface area contributed by atoms with Gasteiger partial charge in [0.05, 0.1) is 30.0 Å². The number of ether oxygens (including phenoxy) is 2. The average molecular weight is 371 g/mol. The van der Waals surface area contributed by atoms with Gasteiger partial charge in [0, 0.05) is 17.3 Å². The van der Waals surface area contributed by atoms with Crippen molar-refractivity contribution in [2.75, 3.05) is 12.8 Å². The molecule has 140 valence electrons. The van der Waals surface area contributed by atoms with Crippen LogP contribution < -0.4 is 11.2 Å². The van der Waals surface area contributed by atoms with Crippen LogP contribution in [0, 0.1) is 11.3 Å². The van der Waals surface area contributed by atoms with Crippen molar-refractivity contribution in [3.63, 3.8) is 0 Å². The molecule has 0 atom stereocenters. The average Bonchev–Trinajstić information content (AvgIpc) is 2.96. The third kappa shape index (κ3) is 3.94. The van der Waals surface area contributed by atoms with Crippen molar-refractivity contribution in [3.05, 3.63) is 41.2 Å². The summed E-state index contributed by atoms with van der Waals surface area (Å²) in [5.41, 5.74) is 5.71. The number of carbonyl (C=O) groups excluding carboxylic acids is 2. The van der Waals surface area contributed by atoms with E-state index in [1.165, 1.54) is 29.0 Å². The molecular weight excluding hydrogens is 353 g/mol. The molecule has 0 aliphatic heterocycles. The number of rotatable bonds is 5. The predicted molar refractivity (Wildman–Crippen MR) is 96.6 cm³/mol. The van der Waals surface area contributed by atoms with E-state index in [1.807, 2.05) is 6.07 Å². The van der Waals surface area contributed by atoms with Gasteiger partial charge in [0.1, 0.15) is 6.07 Å². The Balaban J connectivity index is 2.75. The summed E-state index contributed by atoms with van der Waals surface area (Å²) in [6.45, 7) is 3.37. The molecule has 0 saturated heterocycles. The van der Waals surface area contributed by atoms with Crippen LogP contribution in [0.5, 0.6) is 0 Å². The molecule has 9 nitrogen and oxygen atoms in total. The number of nitrogens with zero attached hydrogens (tertiary/aromatic N) is 2. The first-order valence-electron chi connectivity index (χ1n) is 7.91. The minimum Gasteiger partial charge on any atom is -0.464 e. The summed E-state index contributed by atoms with van der Waals surface area (Å²) >= 11 is 0. The number of esters is 2. The summed E-state index contributed by atoms with van der Waals surface area (Å²) in [6, 6.07) is 5.82. The lowest BCUT2D eigenvalue weighted by Crippen LogP contribution is -2.34. The van der Waals surface area contributed by atoms with E-state index in [-0.39, 0.29) is 39.8 Å². The quantitative estimate of drug-likeness (QED) is 0.490. The number of carbonyl (C=O) groups is 2. The van der Waals surface area contributed by atoms with Crippen LogP contribution >= 0.6 is 0 Å². The van der Waals surface area contributed by atoms with Crippen molar-refractivity contribution < 1.29 is 29.1 Å². The second-order valence-corrected chi connectivity index (χ2v) is 5.88. The molecule has 4 N–H and O–H groups in total. The largest absolute Gasteiger partial charge is 0.490 e. The third-order valence-corrected chi connectivity index (χ3v) is 3.69. The van der Waals surface area contributed by atoms with Gasteiger partial charge in [-0.15, -0.1) is 0 Å². The number of aromatic nitrogens is 1. The first-order valence-corrected chi connectivity index (χ1v) is 7.91. The van der Waals surface area contributed by atoms with Gasteiger partial charge >= 0.3 is 19.1 Å². The van der Waals surface area contributed by atoms with Crippen molar-refractivity contribution in [3.8, 4) is 11.8 Å². The van der Waals surface area contributed by atoms with E-state index in [0.29, 0.717) is 0 Å². The van der Waals surface area contributed by atoms with Crippen molar-refractivity contribution in [2.45, 2.75) is 20.0 Å². The molecule has 0 aliphatic rings. The van der Waals surface area contributed by atoms with E-state index in [0.717, 1.165) is 7.11 Å². The fourth-order valence-electron chi connectivity index (χ4n) is 2.48. The summed E-state index contributed by atoms with van der Waals surface area (Å²) in [7, 11) is -0.765. The zero-order valence-electron chi connectivity index (χ0n) is 15.0. The molecule has 27 heavy (non-hydrogen) atoms. The topological polar surface area (TPSA) is 148 Å². The van der Waals surface area contributed by atoms with Gasteiger partial charge in [-0.25, -0.2) is 9.59 Å². The molecule has 1 heterocycles. The number of methoxy groups -OCH3 is 1. The molecule has 2 rings (SSSR count). The number of hydrogen-bond acceptors (Lipinski definition) is 8. The van der Waals surface area contributed by atoms with E-state index in [2.05, 4.69) is 0 Å². The summed E-state index contributed by atoms with van der Waals surface area (Å²) < 4.78 is 11.0. The second kappa shape index (κ2) is 7.95. The lowest BCUT2D eigenvalue weighted by molar-refractivity contribution is 0.0377. The molecule has 0 aliphatic carbocycles. The van der Waals surface area contributed by atoms with Gasteiger partial charge < -0.3 is 29.8 Å². The van der Waals surface area contributed by atoms with Crippen molar-refractivity contribution in [2.24, 2.45) is 0 Å². The highest BCUT2D eigenvalue weighted by Gasteiger charge is 2.26. The number of nitriles is 1. The highest BCUT2D eigenvalue weighted by molar-refractivity contribution is 6.60. The van der Waals surface area contributed by atoms with Crippen LogP contribution in [0.1, 0.15) is 40.3 Å². The standard InChI is InChI=1S/C17H18BN3O6/c1-9(2)27-16(22)10-4-5-12(18(24)25)13(6-10)21-8-11(7-19)14(20)15(21)17(23)26-3/h4-6,8-9,24-25H,20H2,1-3H3. The van der Waals surface area contributed by atoms with Crippen LogP contribution in [0.15, 0.2) is 24.4 Å². The molecule has 0 fully saturated rings. The highest BCUT2D eigenvalue weighted by Crippen LogP contribution is 2.25. The van der Waals surface area contributed by atoms with Crippen LogP contribution in [-0.2, 0) is 9.47 Å². The Hall–Kier alpha value is -3.29. The Morgan fingerprint density at radius 3 is 2.48 bits per heavy atom. The Morgan fingerprint density at radius 1 is 1.30 bits per heavy atom. The van der Waals surface area contributed by atoms with Crippen LogP contribution in [0.3, 0.4) is 0 Å². The number of nitrogen functional groups attached to an aromatic ring is 1. The Labute approximate surface area is 155 Å². The van der Waals surface area contributed by atoms with Gasteiger partial charge in [-0.2, -0.15) is 5.26 Å². The van der Waals surface area contributed by atoms with E-state index >= 15 is 0 Å². The first-order chi connectivity index (χ1) is 12.7. The van der Waals surface area contributed by atoms with Gasteiger partial charge in [-0.3, -0.25) is 0 Å². The number of anilines is 1. The zero-order chi connectivity index (χ0) is 20.3. The summed E-state index contributed by atoms with van der Waals surface area (Å²) in [5, 5.41) is 28.6. The zero-order valence-corrected chi connectivity index (χ0v) is 15.0. The normalized spacial score (nSPS) is 10.4. The SMILES string of the molecule is COC(=O)c1c(N)c(C#N)cn1-c1cc(C(=O)OC(C)C)ccc1B(O)O. The lowest BCUT2D eigenvalue weighted by Gasteiger charge is -2.15. The predicted octanol–water partition coefficient (Wildman–Crippen LogP) is -0.0372. The van der Waals surface area contributed by atoms with Crippen molar-refractivity contribution >= 4 is 30.2 Å². The monoisotopic (exact) mass is 371 g/mol. The molecule has 0 radical (unpaired) electrons. The fraction of sp³-hybridized carbons (Fsp3) is 0.235. The molecule has 1 aromatic carbocycles. The van der Waals surface area contributed by atoms with Crippen LogP contribution in [0.4, 0.5) is 5.69 Å². The van der Waals surface area contributed by atoms with Crippen LogP contribution in [0.2, 0.25) is 0 Å². The Kier molecular flexibility index (Phi) is 5.90. The van der Waals surface area contributed by atoms with Crippen molar-refractivity contribution in [1.29, 1.82) is 5.26 Å². The number of benzene rings is 1. The number of hydrogen-bond donors (Lipinski definition) is 3. The lowest BCUT2D eigenvalue weighted by atomic mass is 9.78. The van der Waals surface area contributed by atoms with Gasteiger partial charge in [-0.1, -0.05) is 6.07 Å². The maximum Gasteiger partial charge on any atom is 0.490 e. The molecule has 10 heteroatoms. The minimum absolute atomic E-state index is 0.0102. The van der Waals surface area contributed by atoms with Gasteiger partial charge in [0.25, 0.3) is 0 Å². The molecule has 2 aromatic rings. The number of nitrogens with two attached hydrogens (primary N) is 1. The Morgan fingerprint density at radius 2 is 1.96 bits per heavy atom. The Bertz CT molecular complexity index is 929. The van der Waals surface area contributed by atoms with E-state index in [1.54, 1.807) is 13.8 Å². The maximum absolute atomic E-state index is 12.2. The minimum atomic E-state index is -1.91. The molecular formula is C17H18BN3O6. The molecule has 0 saturated carbocycles. The second-order valence-electron chi connectivity index (χ2n) is 5.88. The molecule has 0 amide bonds. The van der Waals surface area contributed by atoms with E-state index < -0.39 is 19.1 Å². The van der Waals surface area contributed by atoms with Crippen LogP contribution in [0.25, 0.3) is 5.69 Å². The smallest absolute Gasteiger partial charge is 0.464 e. The summed E-state index contributed by atoms with van der Waals surface area (Å²) in [4.78, 5) is 24.4. The molecule has 0 spiro atoms. The van der Waals surface area contributed by atoms with Gasteiger partial charge in [-0.05, 0) is 26.0 Å². The van der Waals surface area contributed by atoms with Crippen molar-refractivity contribution in [1.82, 2.24) is 4.57 Å². The summed E-state index contributed by atoms with van der Waals surface area (Å²) in [5.74, 6) is -1.46. The van der Waals surface area contributed by atoms with Gasteiger partial charge in [0.15, 0.2) is 5.69 Å². The van der Waals surface area contributed by atoms with Gasteiger partial charge in [0.2, 0.25) is 0 Å².